The monoisotopic (exact) mass is 401 g/mol. The van der Waals surface area contributed by atoms with Crippen molar-refractivity contribution in [2.24, 2.45) is 11.8 Å². The van der Waals surface area contributed by atoms with Crippen LogP contribution in [0.3, 0.4) is 0 Å². The molecule has 0 aliphatic carbocycles. The van der Waals surface area contributed by atoms with Gasteiger partial charge in [-0.25, -0.2) is 0 Å². The summed E-state index contributed by atoms with van der Waals surface area (Å²) in [5.74, 6) is 1.12. The van der Waals surface area contributed by atoms with Crippen molar-refractivity contribution in [3.05, 3.63) is 60.2 Å². The minimum absolute atomic E-state index is 0. The molecule has 2 aromatic rings. The summed E-state index contributed by atoms with van der Waals surface area (Å²) in [6, 6.07) is 18.6. The van der Waals surface area contributed by atoms with E-state index in [1.54, 1.807) is 0 Å². The highest BCUT2D eigenvalue weighted by atomic mass is 35.5. The first-order valence-corrected chi connectivity index (χ1v) is 10.0. The molecule has 3 unspecified atom stereocenters. The van der Waals surface area contributed by atoms with Crippen molar-refractivity contribution < 1.29 is 4.79 Å². The summed E-state index contributed by atoms with van der Waals surface area (Å²) in [7, 11) is 0. The molecule has 0 saturated carbocycles. The van der Waals surface area contributed by atoms with Gasteiger partial charge in [0.1, 0.15) is 0 Å². The largest absolute Gasteiger partial charge is 0.379 e. The van der Waals surface area contributed by atoms with Crippen LogP contribution in [-0.4, -0.2) is 19.0 Å². The normalized spacial score (nSPS) is 18.4. The highest BCUT2D eigenvalue weighted by molar-refractivity contribution is 5.91. The van der Waals surface area contributed by atoms with Crippen LogP contribution in [0.2, 0.25) is 0 Å². The number of halogens is 1. The van der Waals surface area contributed by atoms with E-state index >= 15 is 0 Å². The number of hydrogen-bond acceptors (Lipinski definition) is 3. The SMILES string of the molecule is CC(Nc1ccc(NC(=O)CC(C)C2CCCNC2)cc1)c1ccccc1.Cl. The molecule has 2 aromatic carbocycles. The Bertz CT molecular complexity index is 714. The number of rotatable bonds is 7. The maximum atomic E-state index is 12.4. The molecule has 4 nitrogen and oxygen atoms in total. The minimum atomic E-state index is 0. The van der Waals surface area contributed by atoms with Crippen LogP contribution in [0.4, 0.5) is 11.4 Å². The molecule has 3 N–H and O–H groups in total. The van der Waals surface area contributed by atoms with Crippen molar-refractivity contribution in [3.63, 3.8) is 0 Å². The van der Waals surface area contributed by atoms with E-state index in [0.29, 0.717) is 18.3 Å². The van der Waals surface area contributed by atoms with Crippen molar-refractivity contribution >= 4 is 29.7 Å². The number of piperidine rings is 1. The highest BCUT2D eigenvalue weighted by Crippen LogP contribution is 2.24. The van der Waals surface area contributed by atoms with Gasteiger partial charge in [0.2, 0.25) is 5.91 Å². The summed E-state index contributed by atoms with van der Waals surface area (Å²) in [4.78, 5) is 12.4. The van der Waals surface area contributed by atoms with Crippen LogP contribution in [0.1, 0.15) is 44.7 Å². The second kappa shape index (κ2) is 11.1. The maximum Gasteiger partial charge on any atom is 0.224 e. The third-order valence-electron chi connectivity index (χ3n) is 5.50. The third kappa shape index (κ3) is 6.54. The van der Waals surface area contributed by atoms with Gasteiger partial charge in [-0.1, -0.05) is 37.3 Å². The summed E-state index contributed by atoms with van der Waals surface area (Å²) in [6.07, 6.45) is 3.02. The molecule has 1 saturated heterocycles. The number of nitrogens with one attached hydrogen (secondary N) is 3. The van der Waals surface area contributed by atoms with E-state index in [2.05, 4.69) is 54.1 Å². The van der Waals surface area contributed by atoms with Crippen LogP contribution >= 0.6 is 12.4 Å². The molecular formula is C23H32ClN3O. The molecule has 1 heterocycles. The van der Waals surface area contributed by atoms with Crippen LogP contribution in [-0.2, 0) is 4.79 Å². The lowest BCUT2D eigenvalue weighted by molar-refractivity contribution is -0.117. The van der Waals surface area contributed by atoms with E-state index in [4.69, 9.17) is 0 Å². The summed E-state index contributed by atoms with van der Waals surface area (Å²) in [5.41, 5.74) is 3.15. The van der Waals surface area contributed by atoms with Gasteiger partial charge in [0.05, 0.1) is 0 Å². The molecule has 1 aliphatic heterocycles. The summed E-state index contributed by atoms with van der Waals surface area (Å²) in [6.45, 7) is 6.48. The van der Waals surface area contributed by atoms with Gasteiger partial charge < -0.3 is 16.0 Å². The fraction of sp³-hybridized carbons (Fsp3) is 0.435. The van der Waals surface area contributed by atoms with E-state index < -0.39 is 0 Å². The quantitative estimate of drug-likeness (QED) is 0.594. The Labute approximate surface area is 174 Å². The zero-order valence-electron chi connectivity index (χ0n) is 16.8. The number of amides is 1. The Kier molecular flexibility index (Phi) is 8.81. The van der Waals surface area contributed by atoms with Gasteiger partial charge in [0, 0.05) is 23.8 Å². The minimum Gasteiger partial charge on any atom is -0.379 e. The van der Waals surface area contributed by atoms with Crippen LogP contribution in [0.5, 0.6) is 0 Å². The van der Waals surface area contributed by atoms with E-state index in [1.165, 1.54) is 18.4 Å². The summed E-state index contributed by atoms with van der Waals surface area (Å²) in [5, 5.41) is 9.96. The fourth-order valence-electron chi connectivity index (χ4n) is 3.76. The van der Waals surface area contributed by atoms with Crippen LogP contribution in [0.25, 0.3) is 0 Å². The number of anilines is 2. The molecule has 1 fully saturated rings. The van der Waals surface area contributed by atoms with Gasteiger partial charge in [0.15, 0.2) is 0 Å². The molecule has 0 bridgehead atoms. The smallest absolute Gasteiger partial charge is 0.224 e. The lowest BCUT2D eigenvalue weighted by Crippen LogP contribution is -2.34. The van der Waals surface area contributed by atoms with Gasteiger partial charge in [-0.15, -0.1) is 12.4 Å². The molecule has 0 radical (unpaired) electrons. The first-order chi connectivity index (χ1) is 13.1. The van der Waals surface area contributed by atoms with E-state index in [-0.39, 0.29) is 24.4 Å². The Morgan fingerprint density at radius 1 is 1.07 bits per heavy atom. The van der Waals surface area contributed by atoms with Crippen LogP contribution in [0.15, 0.2) is 54.6 Å². The van der Waals surface area contributed by atoms with E-state index in [1.807, 2.05) is 30.3 Å². The topological polar surface area (TPSA) is 53.2 Å². The first kappa shape index (κ1) is 22.3. The average molecular weight is 402 g/mol. The Morgan fingerprint density at radius 3 is 2.39 bits per heavy atom. The van der Waals surface area contributed by atoms with Crippen molar-refractivity contribution in [3.8, 4) is 0 Å². The van der Waals surface area contributed by atoms with Crippen LogP contribution < -0.4 is 16.0 Å². The molecule has 5 heteroatoms. The second-order valence-corrected chi connectivity index (χ2v) is 7.69. The number of hydrogen-bond donors (Lipinski definition) is 3. The van der Waals surface area contributed by atoms with Gasteiger partial charge >= 0.3 is 0 Å². The molecule has 3 atom stereocenters. The Balaban J connectivity index is 0.00000280. The van der Waals surface area contributed by atoms with Crippen LogP contribution in [0, 0.1) is 11.8 Å². The molecular weight excluding hydrogens is 370 g/mol. The second-order valence-electron chi connectivity index (χ2n) is 7.69. The van der Waals surface area contributed by atoms with Gasteiger partial charge in [0.25, 0.3) is 0 Å². The fourth-order valence-corrected chi connectivity index (χ4v) is 3.76. The lowest BCUT2D eigenvalue weighted by atomic mass is 9.85. The Morgan fingerprint density at radius 2 is 1.75 bits per heavy atom. The molecule has 28 heavy (non-hydrogen) atoms. The zero-order chi connectivity index (χ0) is 19.1. The first-order valence-electron chi connectivity index (χ1n) is 10.0. The van der Waals surface area contributed by atoms with Gasteiger partial charge in [-0.3, -0.25) is 4.79 Å². The predicted octanol–water partition coefficient (Wildman–Crippen LogP) is 5.25. The van der Waals surface area contributed by atoms with Crippen molar-refractivity contribution in [1.82, 2.24) is 5.32 Å². The molecule has 1 amide bonds. The van der Waals surface area contributed by atoms with Crippen molar-refractivity contribution in [2.45, 2.75) is 39.2 Å². The maximum absolute atomic E-state index is 12.4. The standard InChI is InChI=1S/C23H31N3O.ClH/c1-17(20-9-6-14-24-16-20)15-23(27)26-22-12-10-21(11-13-22)25-18(2)19-7-4-3-5-8-19;/h3-5,7-8,10-13,17-18,20,24-25H,6,9,14-16H2,1-2H3,(H,26,27);1H. The lowest BCUT2D eigenvalue weighted by Gasteiger charge is -2.28. The van der Waals surface area contributed by atoms with E-state index in [0.717, 1.165) is 24.5 Å². The van der Waals surface area contributed by atoms with Crippen molar-refractivity contribution in [2.75, 3.05) is 23.7 Å². The third-order valence-corrected chi connectivity index (χ3v) is 5.50. The number of benzene rings is 2. The van der Waals surface area contributed by atoms with Gasteiger partial charge in [-0.2, -0.15) is 0 Å². The zero-order valence-corrected chi connectivity index (χ0v) is 17.6. The van der Waals surface area contributed by atoms with Gasteiger partial charge in [-0.05, 0) is 74.5 Å². The molecule has 0 spiro atoms. The Hall–Kier alpha value is -2.04. The molecule has 0 aromatic heterocycles. The molecule has 1 aliphatic rings. The summed E-state index contributed by atoms with van der Waals surface area (Å²) >= 11 is 0. The highest BCUT2D eigenvalue weighted by Gasteiger charge is 2.22. The number of carbonyl (C=O) groups is 1. The van der Waals surface area contributed by atoms with Crippen molar-refractivity contribution in [1.29, 1.82) is 0 Å². The van der Waals surface area contributed by atoms with E-state index in [9.17, 15) is 4.79 Å². The average Bonchev–Trinajstić information content (AvgIpc) is 2.70. The predicted molar refractivity (Wildman–Crippen MR) is 120 cm³/mol. The molecule has 152 valence electrons. The summed E-state index contributed by atoms with van der Waals surface area (Å²) < 4.78 is 0. The number of carbonyl (C=O) groups excluding carboxylic acids is 1. The molecule has 3 rings (SSSR count).